The predicted molar refractivity (Wildman–Crippen MR) is 84.8 cm³/mol. The summed E-state index contributed by atoms with van der Waals surface area (Å²) in [5.41, 5.74) is 7.97. The molecule has 1 amide bonds. The van der Waals surface area contributed by atoms with Crippen molar-refractivity contribution >= 4 is 40.2 Å². The summed E-state index contributed by atoms with van der Waals surface area (Å²) in [5, 5.41) is 0. The molecule has 0 unspecified atom stereocenters. The first-order valence-corrected chi connectivity index (χ1v) is 7.80. The minimum absolute atomic E-state index is 0.0163. The van der Waals surface area contributed by atoms with Crippen LogP contribution >= 0.6 is 22.9 Å². The third-order valence-corrected chi connectivity index (χ3v) is 4.80. The number of halogens is 1. The first-order chi connectivity index (χ1) is 9.65. The van der Waals surface area contributed by atoms with Crippen LogP contribution in [0.25, 0.3) is 0 Å². The molecule has 0 fully saturated rings. The van der Waals surface area contributed by atoms with Crippen LogP contribution in [-0.2, 0) is 6.42 Å². The Bertz CT molecular complexity index is 636. The largest absolute Gasteiger partial charge is 0.399 e. The van der Waals surface area contributed by atoms with Gasteiger partial charge in [-0.3, -0.25) is 4.79 Å². The summed E-state index contributed by atoms with van der Waals surface area (Å²) < 4.78 is 0.743. The maximum atomic E-state index is 12.7. The van der Waals surface area contributed by atoms with Gasteiger partial charge in [0, 0.05) is 22.7 Å². The highest BCUT2D eigenvalue weighted by Gasteiger charge is 2.24. The normalized spacial score (nSPS) is 14.8. The molecule has 0 radical (unpaired) electrons. The number of nitrogens with two attached hydrogens (primary N) is 1. The lowest BCUT2D eigenvalue weighted by Gasteiger charge is -2.21. The van der Waals surface area contributed by atoms with E-state index in [9.17, 15) is 4.79 Å². The van der Waals surface area contributed by atoms with Crippen LogP contribution in [0.15, 0.2) is 30.3 Å². The van der Waals surface area contributed by atoms with Crippen LogP contribution in [0.5, 0.6) is 0 Å². The first-order valence-electron chi connectivity index (χ1n) is 6.61. The minimum atomic E-state index is 0.0163. The minimum Gasteiger partial charge on any atom is -0.399 e. The fourth-order valence-electron chi connectivity index (χ4n) is 2.46. The van der Waals surface area contributed by atoms with Crippen molar-refractivity contribution < 1.29 is 4.79 Å². The number of nitrogen functional groups attached to an aromatic ring is 1. The molecule has 2 N–H and O–H groups in total. The number of carbonyl (C=O) groups is 1. The Hall–Kier alpha value is -1.52. The number of nitrogens with zero attached hydrogens (tertiary/aromatic N) is 1. The average Bonchev–Trinajstić information content (AvgIpc) is 2.69. The lowest BCUT2D eigenvalue weighted by Crippen LogP contribution is -2.31. The molecule has 0 spiro atoms. The second kappa shape index (κ2) is 5.46. The number of aryl methyl sites for hydroxylation is 1. The number of thiophene rings is 1. The predicted octanol–water partition coefficient (Wildman–Crippen LogP) is 3.97. The number of anilines is 2. The van der Waals surface area contributed by atoms with Gasteiger partial charge in [-0.1, -0.05) is 11.6 Å². The molecule has 2 heterocycles. The first kappa shape index (κ1) is 13.5. The molecule has 1 aliphatic rings. The quantitative estimate of drug-likeness (QED) is 0.810. The number of hydrogen-bond donors (Lipinski definition) is 1. The van der Waals surface area contributed by atoms with Crippen molar-refractivity contribution in [3.8, 4) is 0 Å². The van der Waals surface area contributed by atoms with Crippen LogP contribution < -0.4 is 10.6 Å². The molecular weight excluding hydrogens is 292 g/mol. The van der Waals surface area contributed by atoms with Gasteiger partial charge >= 0.3 is 0 Å². The highest BCUT2D eigenvalue weighted by molar-refractivity contribution is 7.16. The van der Waals surface area contributed by atoms with Gasteiger partial charge < -0.3 is 10.6 Å². The lowest BCUT2D eigenvalue weighted by molar-refractivity contribution is 0.0987. The Morgan fingerprint density at radius 2 is 2.00 bits per heavy atom. The van der Waals surface area contributed by atoms with Crippen LogP contribution in [0.2, 0.25) is 4.34 Å². The number of carbonyl (C=O) groups excluding carboxylic acids is 1. The molecule has 0 saturated heterocycles. The zero-order valence-electron chi connectivity index (χ0n) is 10.9. The summed E-state index contributed by atoms with van der Waals surface area (Å²) in [4.78, 5) is 15.7. The van der Waals surface area contributed by atoms with Gasteiger partial charge in [-0.15, -0.1) is 11.3 Å². The Labute approximate surface area is 127 Å². The van der Waals surface area contributed by atoms with Crippen molar-refractivity contribution in [2.24, 2.45) is 0 Å². The average molecular weight is 307 g/mol. The summed E-state index contributed by atoms with van der Waals surface area (Å²) in [7, 11) is 0. The molecule has 20 heavy (non-hydrogen) atoms. The van der Waals surface area contributed by atoms with E-state index in [-0.39, 0.29) is 5.91 Å². The molecule has 0 bridgehead atoms. The van der Waals surface area contributed by atoms with Gasteiger partial charge in [-0.05, 0) is 49.6 Å². The summed E-state index contributed by atoms with van der Waals surface area (Å²) in [5.74, 6) is 0.0163. The van der Waals surface area contributed by atoms with Gasteiger partial charge in [0.15, 0.2) is 0 Å². The van der Waals surface area contributed by atoms with Crippen molar-refractivity contribution in [1.29, 1.82) is 0 Å². The van der Waals surface area contributed by atoms with E-state index in [1.165, 1.54) is 4.88 Å². The van der Waals surface area contributed by atoms with Crippen molar-refractivity contribution in [2.75, 3.05) is 17.2 Å². The second-order valence-electron chi connectivity index (χ2n) is 4.89. The van der Waals surface area contributed by atoms with Gasteiger partial charge in [0.1, 0.15) is 0 Å². The molecular formula is C15H15ClN2OS. The summed E-state index contributed by atoms with van der Waals surface area (Å²) in [6.45, 7) is 0.739. The molecule has 2 aromatic rings. The Balaban J connectivity index is 1.96. The summed E-state index contributed by atoms with van der Waals surface area (Å²) in [6.07, 6.45) is 3.10. The fraction of sp³-hybridized carbons (Fsp3) is 0.267. The molecule has 1 aromatic carbocycles. The monoisotopic (exact) mass is 306 g/mol. The van der Waals surface area contributed by atoms with E-state index in [1.54, 1.807) is 35.6 Å². The second-order valence-corrected chi connectivity index (χ2v) is 6.66. The van der Waals surface area contributed by atoms with Gasteiger partial charge in [-0.2, -0.15) is 0 Å². The molecule has 0 aliphatic carbocycles. The maximum absolute atomic E-state index is 12.7. The van der Waals surface area contributed by atoms with Crippen LogP contribution in [0.3, 0.4) is 0 Å². The summed E-state index contributed by atoms with van der Waals surface area (Å²) in [6, 6.07) is 8.97. The van der Waals surface area contributed by atoms with E-state index in [4.69, 9.17) is 17.3 Å². The zero-order chi connectivity index (χ0) is 14.1. The van der Waals surface area contributed by atoms with Gasteiger partial charge in [0.05, 0.1) is 10.0 Å². The Morgan fingerprint density at radius 1 is 1.25 bits per heavy atom. The Morgan fingerprint density at radius 3 is 2.75 bits per heavy atom. The highest BCUT2D eigenvalue weighted by Crippen LogP contribution is 2.37. The third kappa shape index (κ3) is 2.53. The van der Waals surface area contributed by atoms with Crippen molar-refractivity contribution in [2.45, 2.75) is 19.3 Å². The molecule has 1 aromatic heterocycles. The molecule has 0 atom stereocenters. The number of hydrogen-bond acceptors (Lipinski definition) is 3. The molecule has 1 aliphatic heterocycles. The third-order valence-electron chi connectivity index (χ3n) is 3.49. The van der Waals surface area contributed by atoms with E-state index in [0.29, 0.717) is 11.3 Å². The van der Waals surface area contributed by atoms with E-state index < -0.39 is 0 Å². The van der Waals surface area contributed by atoms with Gasteiger partial charge in [-0.25, -0.2) is 0 Å². The van der Waals surface area contributed by atoms with Gasteiger partial charge in [0.2, 0.25) is 0 Å². The van der Waals surface area contributed by atoms with Crippen molar-refractivity contribution in [3.63, 3.8) is 0 Å². The maximum Gasteiger partial charge on any atom is 0.258 e. The highest BCUT2D eigenvalue weighted by atomic mass is 35.5. The van der Waals surface area contributed by atoms with Crippen LogP contribution in [0.4, 0.5) is 11.4 Å². The van der Waals surface area contributed by atoms with Gasteiger partial charge in [0.25, 0.3) is 5.91 Å². The van der Waals surface area contributed by atoms with Crippen molar-refractivity contribution in [1.82, 2.24) is 0 Å². The van der Waals surface area contributed by atoms with E-state index >= 15 is 0 Å². The molecule has 0 saturated carbocycles. The van der Waals surface area contributed by atoms with Crippen molar-refractivity contribution in [3.05, 3.63) is 45.1 Å². The number of benzene rings is 1. The molecule has 3 nitrogen and oxygen atoms in total. The Kier molecular flexibility index (Phi) is 3.68. The molecule has 3 rings (SSSR count). The standard InChI is InChI=1S/C15H15ClN2OS/c16-14-9-12-13(20-14)3-1-2-8-18(12)15(19)10-4-6-11(17)7-5-10/h4-7,9H,1-3,8,17H2. The van der Waals surface area contributed by atoms with Crippen LogP contribution in [-0.4, -0.2) is 12.5 Å². The molecule has 104 valence electrons. The topological polar surface area (TPSA) is 46.3 Å². The van der Waals surface area contributed by atoms with Crippen LogP contribution in [0.1, 0.15) is 28.1 Å². The fourth-order valence-corrected chi connectivity index (χ4v) is 3.77. The number of amides is 1. The SMILES string of the molecule is Nc1ccc(C(=O)N2CCCCc3sc(Cl)cc32)cc1. The smallest absolute Gasteiger partial charge is 0.258 e. The van der Waals surface area contributed by atoms with E-state index in [2.05, 4.69) is 0 Å². The van der Waals surface area contributed by atoms with E-state index in [1.807, 2.05) is 11.0 Å². The zero-order valence-corrected chi connectivity index (χ0v) is 12.5. The lowest BCUT2D eigenvalue weighted by atomic mass is 10.1. The summed E-state index contributed by atoms with van der Waals surface area (Å²) >= 11 is 7.68. The van der Waals surface area contributed by atoms with Crippen LogP contribution in [0, 0.1) is 0 Å². The number of rotatable bonds is 1. The number of fused-ring (bicyclic) bond motifs is 1. The van der Waals surface area contributed by atoms with E-state index in [0.717, 1.165) is 35.8 Å². The molecule has 5 heteroatoms.